The summed E-state index contributed by atoms with van der Waals surface area (Å²) in [6, 6.07) is 10.3. The SMILES string of the molecule is C=C[C@H]1CO[C@@H](CCc2ccccc2)[C@@H]1O. The van der Waals surface area contributed by atoms with E-state index in [0.29, 0.717) is 6.61 Å². The molecule has 0 bridgehead atoms. The molecule has 0 saturated carbocycles. The van der Waals surface area contributed by atoms with Gasteiger partial charge >= 0.3 is 0 Å². The number of aliphatic hydroxyl groups excluding tert-OH is 1. The molecule has 3 atom stereocenters. The lowest BCUT2D eigenvalue weighted by Gasteiger charge is -2.15. The van der Waals surface area contributed by atoms with Gasteiger partial charge < -0.3 is 9.84 Å². The fourth-order valence-corrected chi connectivity index (χ4v) is 2.12. The Morgan fingerprint density at radius 2 is 2.12 bits per heavy atom. The van der Waals surface area contributed by atoms with Gasteiger partial charge in [0.15, 0.2) is 0 Å². The number of ether oxygens (including phenoxy) is 1. The van der Waals surface area contributed by atoms with Gasteiger partial charge in [-0.25, -0.2) is 0 Å². The molecular formula is C14H18O2. The van der Waals surface area contributed by atoms with Gasteiger partial charge in [0.05, 0.1) is 18.8 Å². The molecule has 0 spiro atoms. The van der Waals surface area contributed by atoms with Crippen molar-refractivity contribution in [2.45, 2.75) is 25.0 Å². The smallest absolute Gasteiger partial charge is 0.0886 e. The van der Waals surface area contributed by atoms with Crippen LogP contribution in [0.15, 0.2) is 43.0 Å². The molecule has 1 N–H and O–H groups in total. The van der Waals surface area contributed by atoms with E-state index in [-0.39, 0.29) is 18.1 Å². The summed E-state index contributed by atoms with van der Waals surface area (Å²) in [6.45, 7) is 4.31. The van der Waals surface area contributed by atoms with Gasteiger partial charge in [-0.1, -0.05) is 36.4 Å². The van der Waals surface area contributed by atoms with E-state index in [1.54, 1.807) is 6.08 Å². The maximum Gasteiger partial charge on any atom is 0.0886 e. The predicted molar refractivity (Wildman–Crippen MR) is 64.2 cm³/mol. The molecule has 2 rings (SSSR count). The summed E-state index contributed by atoms with van der Waals surface area (Å²) >= 11 is 0. The van der Waals surface area contributed by atoms with Gasteiger partial charge in [0.2, 0.25) is 0 Å². The molecule has 16 heavy (non-hydrogen) atoms. The largest absolute Gasteiger partial charge is 0.390 e. The minimum Gasteiger partial charge on any atom is -0.390 e. The van der Waals surface area contributed by atoms with Gasteiger partial charge in [-0.3, -0.25) is 0 Å². The summed E-state index contributed by atoms with van der Waals surface area (Å²) in [5, 5.41) is 9.93. The maximum absolute atomic E-state index is 9.93. The lowest BCUT2D eigenvalue weighted by molar-refractivity contribution is 0.0353. The van der Waals surface area contributed by atoms with Crippen LogP contribution in [0.4, 0.5) is 0 Å². The lowest BCUT2D eigenvalue weighted by atomic mass is 9.98. The van der Waals surface area contributed by atoms with Gasteiger partial charge in [-0.2, -0.15) is 0 Å². The van der Waals surface area contributed by atoms with Crippen LogP contribution in [0.25, 0.3) is 0 Å². The molecule has 0 unspecified atom stereocenters. The van der Waals surface area contributed by atoms with Crippen molar-refractivity contribution >= 4 is 0 Å². The third-order valence-corrected chi connectivity index (χ3v) is 3.19. The third kappa shape index (κ3) is 2.52. The highest BCUT2D eigenvalue weighted by Crippen LogP contribution is 2.24. The number of rotatable bonds is 4. The van der Waals surface area contributed by atoms with E-state index in [4.69, 9.17) is 4.74 Å². The molecular weight excluding hydrogens is 200 g/mol. The minimum atomic E-state index is -0.388. The highest BCUT2D eigenvalue weighted by atomic mass is 16.5. The first kappa shape index (κ1) is 11.4. The van der Waals surface area contributed by atoms with Crippen molar-refractivity contribution in [3.63, 3.8) is 0 Å². The van der Waals surface area contributed by atoms with Crippen LogP contribution < -0.4 is 0 Å². The average Bonchev–Trinajstić information content (AvgIpc) is 2.69. The molecule has 2 heteroatoms. The van der Waals surface area contributed by atoms with Crippen molar-refractivity contribution in [3.05, 3.63) is 48.6 Å². The Morgan fingerprint density at radius 3 is 2.75 bits per heavy atom. The highest BCUT2D eigenvalue weighted by molar-refractivity contribution is 5.15. The first-order valence-electron chi connectivity index (χ1n) is 5.77. The van der Waals surface area contributed by atoms with E-state index >= 15 is 0 Å². The Balaban J connectivity index is 1.85. The van der Waals surface area contributed by atoms with Crippen molar-refractivity contribution in [2.24, 2.45) is 5.92 Å². The second kappa shape index (κ2) is 5.28. The third-order valence-electron chi connectivity index (χ3n) is 3.19. The van der Waals surface area contributed by atoms with Crippen LogP contribution in [0.3, 0.4) is 0 Å². The Kier molecular flexibility index (Phi) is 3.75. The van der Waals surface area contributed by atoms with E-state index in [2.05, 4.69) is 18.7 Å². The van der Waals surface area contributed by atoms with Gasteiger partial charge in [0.25, 0.3) is 0 Å². The Morgan fingerprint density at radius 1 is 1.38 bits per heavy atom. The molecule has 0 amide bonds. The molecule has 1 heterocycles. The summed E-state index contributed by atoms with van der Waals surface area (Å²) in [5.74, 6) is 0.0979. The van der Waals surface area contributed by atoms with Crippen LogP contribution >= 0.6 is 0 Å². The minimum absolute atomic E-state index is 0.0387. The molecule has 1 aliphatic rings. The second-order valence-electron chi connectivity index (χ2n) is 4.29. The predicted octanol–water partition coefficient (Wildman–Crippen LogP) is 2.18. The van der Waals surface area contributed by atoms with E-state index in [1.807, 2.05) is 18.2 Å². The summed E-state index contributed by atoms with van der Waals surface area (Å²) in [6.07, 6.45) is 3.18. The monoisotopic (exact) mass is 218 g/mol. The first-order chi connectivity index (χ1) is 7.81. The van der Waals surface area contributed by atoms with Gasteiger partial charge in [0, 0.05) is 5.92 Å². The van der Waals surface area contributed by atoms with Crippen LogP contribution in [-0.4, -0.2) is 23.9 Å². The molecule has 0 radical (unpaired) electrons. The van der Waals surface area contributed by atoms with Crippen molar-refractivity contribution in [1.82, 2.24) is 0 Å². The van der Waals surface area contributed by atoms with Crippen molar-refractivity contribution < 1.29 is 9.84 Å². The van der Waals surface area contributed by atoms with E-state index in [9.17, 15) is 5.11 Å². The number of hydrogen-bond acceptors (Lipinski definition) is 2. The Labute approximate surface area is 96.6 Å². The first-order valence-corrected chi connectivity index (χ1v) is 5.77. The molecule has 1 aromatic rings. The lowest BCUT2D eigenvalue weighted by Crippen LogP contribution is -2.25. The van der Waals surface area contributed by atoms with Crippen molar-refractivity contribution in [3.8, 4) is 0 Å². The quantitative estimate of drug-likeness (QED) is 0.785. The maximum atomic E-state index is 9.93. The van der Waals surface area contributed by atoms with Crippen molar-refractivity contribution in [2.75, 3.05) is 6.61 Å². The number of aryl methyl sites for hydroxylation is 1. The molecule has 2 nitrogen and oxygen atoms in total. The topological polar surface area (TPSA) is 29.5 Å². The number of benzene rings is 1. The molecule has 1 aromatic carbocycles. The van der Waals surface area contributed by atoms with Crippen molar-refractivity contribution in [1.29, 1.82) is 0 Å². The molecule has 1 aliphatic heterocycles. The molecule has 1 fully saturated rings. The van der Waals surface area contributed by atoms with Crippen LogP contribution in [0.1, 0.15) is 12.0 Å². The van der Waals surface area contributed by atoms with Crippen LogP contribution in [-0.2, 0) is 11.2 Å². The van der Waals surface area contributed by atoms with E-state index < -0.39 is 0 Å². The van der Waals surface area contributed by atoms with Crippen LogP contribution in [0.5, 0.6) is 0 Å². The molecule has 86 valence electrons. The molecule has 0 aliphatic carbocycles. The number of aliphatic hydroxyl groups is 1. The summed E-state index contributed by atoms with van der Waals surface area (Å²) in [4.78, 5) is 0. The number of hydrogen-bond donors (Lipinski definition) is 1. The zero-order valence-corrected chi connectivity index (χ0v) is 9.38. The highest BCUT2D eigenvalue weighted by Gasteiger charge is 2.33. The summed E-state index contributed by atoms with van der Waals surface area (Å²) < 4.78 is 5.57. The standard InChI is InChI=1S/C14H18O2/c1-2-12-10-16-13(14(12)15)9-8-11-6-4-3-5-7-11/h2-7,12-15H,1,8-10H2/t12-,13-,14+/m0/s1. The fraction of sp³-hybridized carbons (Fsp3) is 0.429. The summed E-state index contributed by atoms with van der Waals surface area (Å²) in [7, 11) is 0. The fourth-order valence-electron chi connectivity index (χ4n) is 2.12. The van der Waals surface area contributed by atoms with Gasteiger partial charge in [-0.05, 0) is 18.4 Å². The van der Waals surface area contributed by atoms with Crippen LogP contribution in [0, 0.1) is 5.92 Å². The van der Waals surface area contributed by atoms with Crippen LogP contribution in [0.2, 0.25) is 0 Å². The summed E-state index contributed by atoms with van der Waals surface area (Å²) in [5.41, 5.74) is 1.29. The second-order valence-corrected chi connectivity index (χ2v) is 4.29. The zero-order valence-electron chi connectivity index (χ0n) is 9.38. The van der Waals surface area contributed by atoms with Gasteiger partial charge in [0.1, 0.15) is 0 Å². The molecule has 1 saturated heterocycles. The van der Waals surface area contributed by atoms with E-state index in [1.165, 1.54) is 5.56 Å². The Hall–Kier alpha value is -1.12. The molecule has 0 aromatic heterocycles. The zero-order chi connectivity index (χ0) is 11.4. The van der Waals surface area contributed by atoms with E-state index in [0.717, 1.165) is 12.8 Å². The Bertz CT molecular complexity index is 334. The van der Waals surface area contributed by atoms with Gasteiger partial charge in [-0.15, -0.1) is 6.58 Å². The normalized spacial score (nSPS) is 29.2. The average molecular weight is 218 g/mol.